The summed E-state index contributed by atoms with van der Waals surface area (Å²) in [6.45, 7) is 2.24. The molecule has 0 aliphatic heterocycles. The third-order valence-electron chi connectivity index (χ3n) is 4.82. The molecule has 1 saturated carbocycles. The van der Waals surface area contributed by atoms with Crippen molar-refractivity contribution < 1.29 is 32.2 Å². The quantitative estimate of drug-likeness (QED) is 0.697. The van der Waals surface area contributed by atoms with E-state index in [4.69, 9.17) is 9.47 Å². The zero-order valence-corrected chi connectivity index (χ0v) is 16.4. The molecular formula is C21H21F3N2O4. The van der Waals surface area contributed by atoms with Crippen LogP contribution in [0.15, 0.2) is 42.5 Å². The maximum absolute atomic E-state index is 13.2. The fraction of sp³-hybridized carbons (Fsp3) is 0.333. The molecule has 3 rings (SSSR count). The van der Waals surface area contributed by atoms with Crippen molar-refractivity contribution in [3.05, 3.63) is 59.2 Å². The summed E-state index contributed by atoms with van der Waals surface area (Å²) in [5, 5.41) is 0. The summed E-state index contributed by atoms with van der Waals surface area (Å²) in [7, 11) is 1.44. The molecule has 0 radical (unpaired) electrons. The Hall–Kier alpha value is -3.23. The van der Waals surface area contributed by atoms with Gasteiger partial charge in [0.05, 0.1) is 19.3 Å². The molecule has 1 aliphatic carbocycles. The van der Waals surface area contributed by atoms with Crippen molar-refractivity contribution in [3.63, 3.8) is 0 Å². The zero-order valence-electron chi connectivity index (χ0n) is 16.4. The van der Waals surface area contributed by atoms with Gasteiger partial charge in [-0.25, -0.2) is 0 Å². The van der Waals surface area contributed by atoms with Crippen molar-refractivity contribution in [2.45, 2.75) is 25.4 Å². The highest BCUT2D eigenvalue weighted by Gasteiger charge is 2.47. The first kappa shape index (κ1) is 21.5. The molecule has 160 valence electrons. The van der Waals surface area contributed by atoms with E-state index in [1.54, 1.807) is 6.07 Å². The fourth-order valence-corrected chi connectivity index (χ4v) is 3.27. The van der Waals surface area contributed by atoms with Crippen LogP contribution in [-0.4, -0.2) is 25.5 Å². The number of carbonyl (C=O) groups is 2. The minimum atomic E-state index is -4.48. The van der Waals surface area contributed by atoms with Gasteiger partial charge >= 0.3 is 6.18 Å². The standard InChI is InChI=1S/C21H21F3N2O4/c1-3-30-17-9-8-12(10-18(17)29-2)19(27)25-26-20(28)15-11-14(15)13-6-4-5-7-16(13)21(22,23)24/h4-10,14-15H,3,11H2,1-2H3,(H,25,27)(H,26,28). The Morgan fingerprint density at radius 3 is 2.50 bits per heavy atom. The number of methoxy groups -OCH3 is 1. The topological polar surface area (TPSA) is 76.7 Å². The normalized spacial score (nSPS) is 17.8. The van der Waals surface area contributed by atoms with E-state index in [0.29, 0.717) is 18.1 Å². The molecule has 0 saturated heterocycles. The van der Waals surface area contributed by atoms with Crippen molar-refractivity contribution in [3.8, 4) is 11.5 Å². The van der Waals surface area contributed by atoms with Crippen LogP contribution in [0.2, 0.25) is 0 Å². The van der Waals surface area contributed by atoms with Crippen molar-refractivity contribution in [2.24, 2.45) is 5.92 Å². The van der Waals surface area contributed by atoms with Crippen LogP contribution >= 0.6 is 0 Å². The molecule has 6 nitrogen and oxygen atoms in total. The molecule has 0 heterocycles. The van der Waals surface area contributed by atoms with Crippen LogP contribution in [0.3, 0.4) is 0 Å². The maximum Gasteiger partial charge on any atom is 0.416 e. The molecule has 2 unspecified atom stereocenters. The SMILES string of the molecule is CCOc1ccc(C(=O)NNC(=O)C2CC2c2ccccc2C(F)(F)F)cc1OC. The Morgan fingerprint density at radius 2 is 1.83 bits per heavy atom. The molecule has 2 aromatic carbocycles. The van der Waals surface area contributed by atoms with Gasteiger partial charge in [0.1, 0.15) is 0 Å². The van der Waals surface area contributed by atoms with Crippen molar-refractivity contribution >= 4 is 11.8 Å². The van der Waals surface area contributed by atoms with Gasteiger partial charge in [-0.3, -0.25) is 20.4 Å². The number of nitrogens with one attached hydrogen (secondary N) is 2. The average molecular weight is 422 g/mol. The summed E-state index contributed by atoms with van der Waals surface area (Å²) < 4.78 is 50.1. The van der Waals surface area contributed by atoms with Gasteiger partial charge in [0.15, 0.2) is 11.5 Å². The summed E-state index contributed by atoms with van der Waals surface area (Å²) in [6.07, 6.45) is -4.20. The second-order valence-corrected chi connectivity index (χ2v) is 6.78. The van der Waals surface area contributed by atoms with E-state index >= 15 is 0 Å². The molecule has 1 fully saturated rings. The first-order chi connectivity index (χ1) is 14.3. The number of amides is 2. The summed E-state index contributed by atoms with van der Waals surface area (Å²) in [6, 6.07) is 9.76. The van der Waals surface area contributed by atoms with Gasteiger partial charge in [-0.15, -0.1) is 0 Å². The lowest BCUT2D eigenvalue weighted by Crippen LogP contribution is -2.42. The van der Waals surface area contributed by atoms with Crippen LogP contribution in [0.25, 0.3) is 0 Å². The van der Waals surface area contributed by atoms with Crippen molar-refractivity contribution in [1.82, 2.24) is 10.9 Å². The van der Waals surface area contributed by atoms with Crippen LogP contribution < -0.4 is 20.3 Å². The van der Waals surface area contributed by atoms with Crippen LogP contribution in [0.4, 0.5) is 13.2 Å². The summed E-state index contributed by atoms with van der Waals surface area (Å²) in [5.74, 6) is -1.46. The molecule has 2 amide bonds. The van der Waals surface area contributed by atoms with E-state index in [-0.39, 0.29) is 17.5 Å². The molecule has 2 N–H and O–H groups in total. The van der Waals surface area contributed by atoms with E-state index in [1.165, 1.54) is 37.4 Å². The predicted octanol–water partition coefficient (Wildman–Crippen LogP) is 3.68. The number of benzene rings is 2. The number of rotatable bonds is 6. The smallest absolute Gasteiger partial charge is 0.416 e. The Balaban J connectivity index is 1.61. The Labute approximate surface area is 171 Å². The highest BCUT2D eigenvalue weighted by Crippen LogP contribution is 2.50. The number of carbonyl (C=O) groups excluding carboxylic acids is 2. The molecule has 0 aromatic heterocycles. The molecule has 2 aromatic rings. The Kier molecular flexibility index (Phi) is 6.19. The molecule has 0 bridgehead atoms. The van der Waals surface area contributed by atoms with Gasteiger partial charge in [-0.1, -0.05) is 18.2 Å². The number of hydrogen-bond acceptors (Lipinski definition) is 4. The fourth-order valence-electron chi connectivity index (χ4n) is 3.27. The van der Waals surface area contributed by atoms with Gasteiger partial charge in [-0.2, -0.15) is 13.2 Å². The van der Waals surface area contributed by atoms with Crippen LogP contribution in [-0.2, 0) is 11.0 Å². The third-order valence-corrected chi connectivity index (χ3v) is 4.82. The van der Waals surface area contributed by atoms with Gasteiger partial charge in [0, 0.05) is 11.5 Å². The Bertz CT molecular complexity index is 946. The van der Waals surface area contributed by atoms with Gasteiger partial charge in [-0.05, 0) is 49.1 Å². The van der Waals surface area contributed by atoms with E-state index in [1.807, 2.05) is 6.92 Å². The first-order valence-electron chi connectivity index (χ1n) is 9.33. The first-order valence-corrected chi connectivity index (χ1v) is 9.33. The van der Waals surface area contributed by atoms with E-state index in [0.717, 1.165) is 6.07 Å². The number of ether oxygens (including phenoxy) is 2. The van der Waals surface area contributed by atoms with Gasteiger partial charge in [0.2, 0.25) is 5.91 Å². The maximum atomic E-state index is 13.2. The van der Waals surface area contributed by atoms with E-state index in [9.17, 15) is 22.8 Å². The third kappa shape index (κ3) is 4.67. The molecule has 0 spiro atoms. The van der Waals surface area contributed by atoms with Crippen molar-refractivity contribution in [1.29, 1.82) is 0 Å². The lowest BCUT2D eigenvalue weighted by molar-refractivity contribution is -0.138. The predicted molar refractivity (Wildman–Crippen MR) is 102 cm³/mol. The minimum Gasteiger partial charge on any atom is -0.493 e. The van der Waals surface area contributed by atoms with Gasteiger partial charge < -0.3 is 9.47 Å². The van der Waals surface area contributed by atoms with Crippen LogP contribution in [0, 0.1) is 5.92 Å². The summed E-state index contributed by atoms with van der Waals surface area (Å²) in [5.41, 5.74) is 4.15. The van der Waals surface area contributed by atoms with Crippen LogP contribution in [0.1, 0.15) is 40.7 Å². The van der Waals surface area contributed by atoms with E-state index < -0.39 is 35.4 Å². The van der Waals surface area contributed by atoms with E-state index in [2.05, 4.69) is 10.9 Å². The Morgan fingerprint density at radius 1 is 1.10 bits per heavy atom. The number of hydrogen-bond donors (Lipinski definition) is 2. The second-order valence-electron chi connectivity index (χ2n) is 6.78. The lowest BCUT2D eigenvalue weighted by Gasteiger charge is -2.13. The molecular weight excluding hydrogens is 401 g/mol. The summed E-state index contributed by atoms with van der Waals surface area (Å²) in [4.78, 5) is 24.6. The number of hydrazine groups is 1. The molecule has 1 aliphatic rings. The van der Waals surface area contributed by atoms with Crippen molar-refractivity contribution in [2.75, 3.05) is 13.7 Å². The zero-order chi connectivity index (χ0) is 21.9. The average Bonchev–Trinajstić information content (AvgIpc) is 3.52. The monoisotopic (exact) mass is 422 g/mol. The molecule has 30 heavy (non-hydrogen) atoms. The highest BCUT2D eigenvalue weighted by atomic mass is 19.4. The lowest BCUT2D eigenvalue weighted by atomic mass is 10.0. The van der Waals surface area contributed by atoms with Gasteiger partial charge in [0.25, 0.3) is 5.91 Å². The minimum absolute atomic E-state index is 0.0905. The largest absolute Gasteiger partial charge is 0.493 e. The molecule has 9 heteroatoms. The van der Waals surface area contributed by atoms with Crippen LogP contribution in [0.5, 0.6) is 11.5 Å². The number of halogens is 3. The molecule has 2 atom stereocenters. The summed E-state index contributed by atoms with van der Waals surface area (Å²) >= 11 is 0. The number of alkyl halides is 3. The second kappa shape index (κ2) is 8.64. The highest BCUT2D eigenvalue weighted by molar-refractivity contribution is 5.96.